The number of aryl methyl sites for hydroxylation is 2. The van der Waals surface area contributed by atoms with E-state index in [1.807, 2.05) is 0 Å². The first-order chi connectivity index (χ1) is 9.75. The van der Waals surface area contributed by atoms with Gasteiger partial charge in [0.05, 0.1) is 0 Å². The minimum absolute atomic E-state index is 0. The first-order valence-corrected chi connectivity index (χ1v) is 6.98. The van der Waals surface area contributed by atoms with Gasteiger partial charge in [-0.15, -0.1) is 47.3 Å². The van der Waals surface area contributed by atoms with Crippen molar-refractivity contribution in [2.45, 2.75) is 13.8 Å². The van der Waals surface area contributed by atoms with Gasteiger partial charge in [-0.2, -0.15) is 13.0 Å². The Bertz CT molecular complexity index is 761. The fourth-order valence-corrected chi connectivity index (χ4v) is 2.61. The Hall–Kier alpha value is -1.83. The summed E-state index contributed by atoms with van der Waals surface area (Å²) in [7, 11) is 0. The van der Waals surface area contributed by atoms with Crippen LogP contribution in [0.5, 0.6) is 0 Å². The summed E-state index contributed by atoms with van der Waals surface area (Å²) in [5.41, 5.74) is 2.74. The number of hydrogen-bond donors (Lipinski definition) is 0. The molecule has 4 aromatic rings. The van der Waals surface area contributed by atoms with Crippen LogP contribution in [0.25, 0.3) is 21.5 Å². The van der Waals surface area contributed by atoms with Gasteiger partial charge in [-0.25, -0.2) is 6.07 Å². The normalized spacial score (nSPS) is 10.0. The van der Waals surface area contributed by atoms with Crippen LogP contribution in [0, 0.1) is 13.8 Å². The molecule has 0 saturated carbocycles. The molecule has 0 aliphatic rings. The van der Waals surface area contributed by atoms with E-state index in [4.69, 9.17) is 0 Å². The Morgan fingerprint density at radius 3 is 2.38 bits per heavy atom. The Labute approximate surface area is 136 Å². The van der Waals surface area contributed by atoms with E-state index in [9.17, 15) is 0 Å². The summed E-state index contributed by atoms with van der Waals surface area (Å²) in [6.07, 6.45) is 0. The minimum Gasteiger partial charge on any atom is -0.790 e. The maximum Gasteiger partial charge on any atom is 0 e. The van der Waals surface area contributed by atoms with Crippen LogP contribution in [-0.2, 0) is 16.8 Å². The second-order valence-electron chi connectivity index (χ2n) is 5.21. The van der Waals surface area contributed by atoms with Crippen LogP contribution in [0.3, 0.4) is 0 Å². The average Bonchev–Trinajstić information content (AvgIpc) is 3.05. The van der Waals surface area contributed by atoms with Gasteiger partial charge in [0.15, 0.2) is 0 Å². The van der Waals surface area contributed by atoms with Crippen molar-refractivity contribution in [1.29, 1.82) is 0 Å². The van der Waals surface area contributed by atoms with Gasteiger partial charge in [0.2, 0.25) is 0 Å². The van der Waals surface area contributed by atoms with Crippen molar-refractivity contribution < 1.29 is 16.8 Å². The minimum atomic E-state index is 0. The number of benzene rings is 2. The molecule has 0 amide bonds. The Morgan fingerprint density at radius 2 is 1.62 bits per heavy atom. The maximum atomic E-state index is 2.16. The van der Waals surface area contributed by atoms with Crippen molar-refractivity contribution in [3.63, 3.8) is 0 Å². The van der Waals surface area contributed by atoms with Crippen LogP contribution in [-0.4, -0.2) is 0 Å². The molecule has 0 aromatic heterocycles. The molecule has 0 aliphatic carbocycles. The standard InChI is InChI=1S/2C10H9.Co/c2*1-8-6-7-9-4-2-3-5-10(8)9;/h2*2-7H,1H3;/q-5;-1;. The summed E-state index contributed by atoms with van der Waals surface area (Å²) in [6, 6.07) is 25.5. The van der Waals surface area contributed by atoms with Crippen LogP contribution in [0.15, 0.2) is 72.8 Å². The van der Waals surface area contributed by atoms with E-state index in [0.717, 1.165) is 0 Å². The van der Waals surface area contributed by atoms with Gasteiger partial charge >= 0.3 is 0 Å². The topological polar surface area (TPSA) is 0 Å². The molecule has 113 valence electrons. The fraction of sp³-hybridized carbons (Fsp3) is 0.100. The van der Waals surface area contributed by atoms with E-state index in [-0.39, 0.29) is 16.8 Å². The van der Waals surface area contributed by atoms with Crippen LogP contribution in [0.2, 0.25) is 0 Å². The third kappa shape index (κ3) is 3.26. The van der Waals surface area contributed by atoms with Crippen LogP contribution in [0.1, 0.15) is 11.1 Å². The van der Waals surface area contributed by atoms with Crippen LogP contribution < -0.4 is 0 Å². The number of hydrogen-bond acceptors (Lipinski definition) is 0. The van der Waals surface area contributed by atoms with E-state index in [1.165, 1.54) is 32.7 Å². The van der Waals surface area contributed by atoms with Crippen LogP contribution in [0.4, 0.5) is 0 Å². The molecule has 0 atom stereocenters. The molecular formula is C20H18Co-6. The van der Waals surface area contributed by atoms with Gasteiger partial charge in [-0.1, -0.05) is 12.3 Å². The largest absolute Gasteiger partial charge is 0.790 e. The molecule has 0 unspecified atom stereocenters. The zero-order valence-electron chi connectivity index (χ0n) is 12.3. The third-order valence-electron chi connectivity index (χ3n) is 3.80. The van der Waals surface area contributed by atoms with Crippen LogP contribution >= 0.6 is 0 Å². The summed E-state index contributed by atoms with van der Waals surface area (Å²) < 4.78 is 0. The van der Waals surface area contributed by atoms with Crippen molar-refractivity contribution in [1.82, 2.24) is 0 Å². The first-order valence-electron chi connectivity index (χ1n) is 6.98. The van der Waals surface area contributed by atoms with E-state index in [2.05, 4.69) is 86.6 Å². The molecule has 0 N–H and O–H groups in total. The van der Waals surface area contributed by atoms with Gasteiger partial charge in [0.25, 0.3) is 0 Å². The molecule has 0 nitrogen and oxygen atoms in total. The molecule has 4 rings (SSSR count). The summed E-state index contributed by atoms with van der Waals surface area (Å²) in [5, 5.41) is 5.45. The Kier molecular flexibility index (Phi) is 5.00. The van der Waals surface area contributed by atoms with E-state index < -0.39 is 0 Å². The van der Waals surface area contributed by atoms with E-state index in [0.29, 0.717) is 0 Å². The van der Waals surface area contributed by atoms with Crippen molar-refractivity contribution in [3.05, 3.63) is 83.9 Å². The SMILES string of the molecule is C[c-]1[cH-][cH-][c-]2cccc[c-]12.Cc1ccc2cccc[c-]12.[Co]. The molecule has 1 heteroatoms. The number of rotatable bonds is 0. The van der Waals surface area contributed by atoms with Crippen molar-refractivity contribution in [2.24, 2.45) is 0 Å². The van der Waals surface area contributed by atoms with Gasteiger partial charge in [-0.05, 0) is 0 Å². The van der Waals surface area contributed by atoms with E-state index in [1.54, 1.807) is 0 Å². The Morgan fingerprint density at radius 1 is 0.857 bits per heavy atom. The Balaban J connectivity index is 0.000000147. The molecular weight excluding hydrogens is 299 g/mol. The zero-order chi connectivity index (χ0) is 13.9. The molecule has 21 heavy (non-hydrogen) atoms. The predicted molar refractivity (Wildman–Crippen MR) is 88.6 cm³/mol. The average molecular weight is 317 g/mol. The second kappa shape index (κ2) is 6.75. The molecule has 0 spiro atoms. The van der Waals surface area contributed by atoms with Gasteiger partial charge < -0.3 is 34.5 Å². The summed E-state index contributed by atoms with van der Waals surface area (Å²) >= 11 is 0. The van der Waals surface area contributed by atoms with Crippen molar-refractivity contribution in [3.8, 4) is 0 Å². The summed E-state index contributed by atoms with van der Waals surface area (Å²) in [6.45, 7) is 4.28. The molecule has 0 heterocycles. The molecule has 0 aliphatic heterocycles. The predicted octanol–water partition coefficient (Wildman–Crippen LogP) is 5.73. The molecule has 0 bridgehead atoms. The quantitative estimate of drug-likeness (QED) is 0.363. The number of fused-ring (bicyclic) bond motifs is 2. The maximum absolute atomic E-state index is 2.16. The van der Waals surface area contributed by atoms with Gasteiger partial charge in [0, 0.05) is 16.8 Å². The van der Waals surface area contributed by atoms with Crippen molar-refractivity contribution in [2.75, 3.05) is 0 Å². The molecule has 1 radical (unpaired) electrons. The zero-order valence-corrected chi connectivity index (χ0v) is 13.3. The third-order valence-corrected chi connectivity index (χ3v) is 3.80. The van der Waals surface area contributed by atoms with Gasteiger partial charge in [-0.3, -0.25) is 6.07 Å². The molecule has 0 fully saturated rings. The monoisotopic (exact) mass is 317 g/mol. The van der Waals surface area contributed by atoms with E-state index >= 15 is 0 Å². The fourth-order valence-electron chi connectivity index (χ4n) is 2.61. The summed E-state index contributed by atoms with van der Waals surface area (Å²) in [5.74, 6) is 0. The molecule has 4 aromatic carbocycles. The second-order valence-corrected chi connectivity index (χ2v) is 5.21. The molecule has 0 saturated heterocycles. The first kappa shape index (κ1) is 15.6. The summed E-state index contributed by atoms with van der Waals surface area (Å²) in [4.78, 5) is 0. The smallest absolute Gasteiger partial charge is 0 e. The van der Waals surface area contributed by atoms with Crippen molar-refractivity contribution >= 4 is 21.5 Å². The van der Waals surface area contributed by atoms with Gasteiger partial charge in [0.1, 0.15) is 0 Å².